The molecule has 0 radical (unpaired) electrons. The summed E-state index contributed by atoms with van der Waals surface area (Å²) in [6.07, 6.45) is 0.659. The zero-order valence-corrected chi connectivity index (χ0v) is 7.85. The third kappa shape index (κ3) is 2.92. The zero-order chi connectivity index (χ0) is 10.6. The SMILES string of the molecule is N=CC(=O)c1cccc(SC(F)F)c1. The fourth-order valence-corrected chi connectivity index (χ4v) is 1.47. The molecule has 0 fully saturated rings. The highest BCUT2D eigenvalue weighted by atomic mass is 32.2. The Balaban J connectivity index is 2.89. The highest BCUT2D eigenvalue weighted by Crippen LogP contribution is 2.25. The van der Waals surface area contributed by atoms with Gasteiger partial charge in [0.2, 0.25) is 5.78 Å². The van der Waals surface area contributed by atoms with Gasteiger partial charge in [-0.05, 0) is 12.1 Å². The largest absolute Gasteiger partial charge is 0.305 e. The van der Waals surface area contributed by atoms with E-state index in [9.17, 15) is 13.6 Å². The van der Waals surface area contributed by atoms with E-state index in [1.165, 1.54) is 24.3 Å². The molecule has 0 unspecified atom stereocenters. The third-order valence-electron chi connectivity index (χ3n) is 1.47. The minimum Gasteiger partial charge on any atom is -0.305 e. The Morgan fingerprint density at radius 2 is 2.21 bits per heavy atom. The molecule has 1 aromatic carbocycles. The van der Waals surface area contributed by atoms with E-state index in [0.29, 0.717) is 22.9 Å². The molecule has 0 aliphatic rings. The summed E-state index contributed by atoms with van der Waals surface area (Å²) in [5.74, 6) is -2.98. The second-order valence-corrected chi connectivity index (χ2v) is 3.48. The summed E-state index contributed by atoms with van der Waals surface area (Å²) in [5, 5.41) is 6.73. The first-order chi connectivity index (χ1) is 6.63. The van der Waals surface area contributed by atoms with E-state index in [2.05, 4.69) is 0 Å². The molecule has 0 saturated heterocycles. The molecule has 1 N–H and O–H groups in total. The average molecular weight is 215 g/mol. The molecule has 14 heavy (non-hydrogen) atoms. The molecule has 0 aliphatic heterocycles. The molecule has 0 aromatic heterocycles. The predicted molar refractivity (Wildman–Crippen MR) is 51.4 cm³/mol. The normalized spacial score (nSPS) is 10.2. The first kappa shape index (κ1) is 10.8. The fourth-order valence-electron chi connectivity index (χ4n) is 0.909. The summed E-state index contributed by atoms with van der Waals surface area (Å²) in [6, 6.07) is 5.85. The Labute approximate surface area is 83.8 Å². The zero-order valence-electron chi connectivity index (χ0n) is 7.04. The Morgan fingerprint density at radius 1 is 1.50 bits per heavy atom. The number of hydrogen-bond acceptors (Lipinski definition) is 3. The first-order valence-corrected chi connectivity index (χ1v) is 4.61. The van der Waals surface area contributed by atoms with Crippen LogP contribution in [-0.4, -0.2) is 17.8 Å². The van der Waals surface area contributed by atoms with E-state index in [-0.39, 0.29) is 5.56 Å². The lowest BCUT2D eigenvalue weighted by Crippen LogP contribution is -1.98. The predicted octanol–water partition coefficient (Wildman–Crippen LogP) is 2.83. The molecule has 5 heteroatoms. The van der Waals surface area contributed by atoms with Crippen LogP contribution in [0.5, 0.6) is 0 Å². The van der Waals surface area contributed by atoms with Crippen LogP contribution in [0, 0.1) is 5.41 Å². The fraction of sp³-hybridized carbons (Fsp3) is 0.111. The molecule has 0 aliphatic carbocycles. The van der Waals surface area contributed by atoms with Gasteiger partial charge in [0.1, 0.15) is 0 Å². The van der Waals surface area contributed by atoms with E-state index in [4.69, 9.17) is 5.41 Å². The van der Waals surface area contributed by atoms with Gasteiger partial charge in [-0.1, -0.05) is 23.9 Å². The lowest BCUT2D eigenvalue weighted by molar-refractivity contribution is 0.107. The van der Waals surface area contributed by atoms with Crippen molar-refractivity contribution in [3.63, 3.8) is 0 Å². The smallest absolute Gasteiger partial charge is 0.288 e. The minimum absolute atomic E-state index is 0.255. The van der Waals surface area contributed by atoms with E-state index in [1.54, 1.807) is 0 Å². The molecule has 0 saturated carbocycles. The van der Waals surface area contributed by atoms with Crippen LogP contribution in [0.4, 0.5) is 8.78 Å². The van der Waals surface area contributed by atoms with Crippen LogP contribution in [-0.2, 0) is 0 Å². The Bertz CT molecular complexity index is 354. The molecule has 0 amide bonds. The van der Waals surface area contributed by atoms with Gasteiger partial charge in [-0.15, -0.1) is 0 Å². The highest BCUT2D eigenvalue weighted by Gasteiger charge is 2.07. The molecule has 0 atom stereocenters. The maximum absolute atomic E-state index is 12.0. The second kappa shape index (κ2) is 4.85. The van der Waals surface area contributed by atoms with Crippen molar-refractivity contribution in [2.45, 2.75) is 10.7 Å². The standard InChI is InChI=1S/C9H7F2NOS/c10-9(11)14-7-3-1-2-6(4-7)8(13)5-12/h1-5,9,12H. The summed E-state index contributed by atoms with van der Waals surface area (Å²) >= 11 is 0.380. The number of alkyl halides is 2. The maximum atomic E-state index is 12.0. The van der Waals surface area contributed by atoms with Crippen molar-refractivity contribution in [1.29, 1.82) is 5.41 Å². The lowest BCUT2D eigenvalue weighted by Gasteiger charge is -2.01. The van der Waals surface area contributed by atoms with Crippen molar-refractivity contribution in [2.24, 2.45) is 0 Å². The van der Waals surface area contributed by atoms with Crippen molar-refractivity contribution < 1.29 is 13.6 Å². The molecule has 74 valence electrons. The van der Waals surface area contributed by atoms with Gasteiger partial charge in [-0.3, -0.25) is 4.79 Å². The minimum atomic E-state index is -2.50. The third-order valence-corrected chi connectivity index (χ3v) is 2.18. The summed E-state index contributed by atoms with van der Waals surface area (Å²) in [4.78, 5) is 11.3. The summed E-state index contributed by atoms with van der Waals surface area (Å²) in [7, 11) is 0. The molecular weight excluding hydrogens is 208 g/mol. The molecule has 1 aromatic rings. The summed E-state index contributed by atoms with van der Waals surface area (Å²) in [5.41, 5.74) is 0.255. The number of rotatable bonds is 4. The quantitative estimate of drug-likeness (QED) is 0.476. The number of Topliss-reactive ketones (excluding diaryl/α,β-unsaturated/α-hetero) is 1. The van der Waals surface area contributed by atoms with E-state index in [0.717, 1.165) is 0 Å². The lowest BCUT2D eigenvalue weighted by atomic mass is 10.1. The van der Waals surface area contributed by atoms with Crippen molar-refractivity contribution in [3.8, 4) is 0 Å². The van der Waals surface area contributed by atoms with Gasteiger partial charge in [0.15, 0.2) is 0 Å². The second-order valence-electron chi connectivity index (χ2n) is 2.41. The van der Waals surface area contributed by atoms with Gasteiger partial charge in [0.05, 0.1) is 6.21 Å². The van der Waals surface area contributed by atoms with Crippen LogP contribution < -0.4 is 0 Å². The topological polar surface area (TPSA) is 40.9 Å². The summed E-state index contributed by atoms with van der Waals surface area (Å²) in [6.45, 7) is 0. The van der Waals surface area contributed by atoms with Gasteiger partial charge < -0.3 is 5.41 Å². The number of hydrogen-bond donors (Lipinski definition) is 1. The Morgan fingerprint density at radius 3 is 2.79 bits per heavy atom. The van der Waals surface area contributed by atoms with Crippen molar-refractivity contribution in [3.05, 3.63) is 29.8 Å². The molecule has 2 nitrogen and oxygen atoms in total. The number of benzene rings is 1. The maximum Gasteiger partial charge on any atom is 0.288 e. The van der Waals surface area contributed by atoms with Gasteiger partial charge in [0.25, 0.3) is 5.76 Å². The highest BCUT2D eigenvalue weighted by molar-refractivity contribution is 7.99. The van der Waals surface area contributed by atoms with Gasteiger partial charge in [0, 0.05) is 10.5 Å². The summed E-state index contributed by atoms with van der Waals surface area (Å²) < 4.78 is 23.9. The number of carbonyl (C=O) groups is 1. The molecule has 0 heterocycles. The molecule has 0 bridgehead atoms. The van der Waals surface area contributed by atoms with Crippen molar-refractivity contribution in [2.75, 3.05) is 0 Å². The monoisotopic (exact) mass is 215 g/mol. The van der Waals surface area contributed by atoms with E-state index in [1.807, 2.05) is 0 Å². The average Bonchev–Trinajstić information content (AvgIpc) is 2.16. The van der Waals surface area contributed by atoms with Crippen LogP contribution in [0.15, 0.2) is 29.2 Å². The number of ketones is 1. The van der Waals surface area contributed by atoms with E-state index < -0.39 is 11.5 Å². The number of nitrogens with one attached hydrogen (secondary N) is 1. The van der Waals surface area contributed by atoms with Gasteiger partial charge in [-0.25, -0.2) is 0 Å². The Kier molecular flexibility index (Phi) is 3.76. The first-order valence-electron chi connectivity index (χ1n) is 3.73. The van der Waals surface area contributed by atoms with Crippen LogP contribution in [0.2, 0.25) is 0 Å². The van der Waals surface area contributed by atoms with Gasteiger partial charge in [-0.2, -0.15) is 8.78 Å². The molecule has 0 spiro atoms. The Hall–Kier alpha value is -1.23. The van der Waals surface area contributed by atoms with Crippen molar-refractivity contribution >= 4 is 23.8 Å². The van der Waals surface area contributed by atoms with Crippen LogP contribution in [0.1, 0.15) is 10.4 Å². The number of carbonyl (C=O) groups excluding carboxylic acids is 1. The molecular formula is C9H7F2NOS. The van der Waals surface area contributed by atoms with E-state index >= 15 is 0 Å². The number of halogens is 2. The molecule has 1 rings (SSSR count). The van der Waals surface area contributed by atoms with Crippen molar-refractivity contribution in [1.82, 2.24) is 0 Å². The van der Waals surface area contributed by atoms with Crippen LogP contribution in [0.25, 0.3) is 0 Å². The van der Waals surface area contributed by atoms with Crippen LogP contribution >= 0.6 is 11.8 Å². The van der Waals surface area contributed by atoms with Crippen LogP contribution in [0.3, 0.4) is 0 Å². The number of thioether (sulfide) groups is 1. The van der Waals surface area contributed by atoms with Gasteiger partial charge >= 0.3 is 0 Å².